The van der Waals surface area contributed by atoms with Crippen molar-refractivity contribution in [3.8, 4) is 0 Å². The van der Waals surface area contributed by atoms with Crippen molar-refractivity contribution in [3.63, 3.8) is 0 Å². The van der Waals surface area contributed by atoms with Gasteiger partial charge in [0.1, 0.15) is 0 Å². The smallest absolute Gasteiger partial charge is 0.188 e. The van der Waals surface area contributed by atoms with Crippen LogP contribution in [0.2, 0.25) is 5.02 Å². The molecule has 0 aromatic heterocycles. The fourth-order valence-electron chi connectivity index (χ4n) is 2.99. The Bertz CT molecular complexity index is 491. The molecular weight excluding hydrogens is 286 g/mol. The highest BCUT2D eigenvalue weighted by Crippen LogP contribution is 2.37. The van der Waals surface area contributed by atoms with Crippen LogP contribution in [0.15, 0.2) is 29.3 Å². The van der Waals surface area contributed by atoms with Crippen LogP contribution in [-0.2, 0) is 4.74 Å². The van der Waals surface area contributed by atoms with Crippen LogP contribution in [0.5, 0.6) is 0 Å². The fraction of sp³-hybridized carbons (Fsp3) is 0.562. The zero-order chi connectivity index (χ0) is 14.7. The Labute approximate surface area is 130 Å². The summed E-state index contributed by atoms with van der Waals surface area (Å²) in [6, 6.07) is 8.55. The number of nitrogens with two attached hydrogens (primary N) is 1. The predicted octanol–water partition coefficient (Wildman–Crippen LogP) is 2.67. The first-order valence-electron chi connectivity index (χ1n) is 7.64. The molecule has 1 saturated carbocycles. The van der Waals surface area contributed by atoms with Gasteiger partial charge in [-0.1, -0.05) is 23.7 Å². The third-order valence-corrected chi connectivity index (χ3v) is 4.57. The topological polar surface area (TPSA) is 59.6 Å². The molecule has 0 amide bonds. The number of nitrogens with one attached hydrogen (secondary N) is 1. The summed E-state index contributed by atoms with van der Waals surface area (Å²) in [6.45, 7) is 1.53. The van der Waals surface area contributed by atoms with Gasteiger partial charge in [0.05, 0.1) is 12.6 Å². The molecule has 5 heteroatoms. The van der Waals surface area contributed by atoms with E-state index in [0.29, 0.717) is 24.5 Å². The Morgan fingerprint density at radius 1 is 1.33 bits per heavy atom. The van der Waals surface area contributed by atoms with E-state index in [4.69, 9.17) is 22.1 Å². The lowest BCUT2D eigenvalue weighted by Crippen LogP contribution is -2.46. The van der Waals surface area contributed by atoms with Gasteiger partial charge in [0.25, 0.3) is 0 Å². The van der Waals surface area contributed by atoms with E-state index in [1.165, 1.54) is 5.56 Å². The van der Waals surface area contributed by atoms with E-state index < -0.39 is 0 Å². The van der Waals surface area contributed by atoms with E-state index in [1.54, 1.807) is 0 Å². The van der Waals surface area contributed by atoms with E-state index >= 15 is 0 Å². The Morgan fingerprint density at radius 2 is 2.10 bits per heavy atom. The molecule has 114 valence electrons. The third kappa shape index (κ3) is 3.89. The second-order valence-corrected chi connectivity index (χ2v) is 6.36. The molecular formula is C16H22ClN3O. The molecule has 1 aliphatic carbocycles. The van der Waals surface area contributed by atoms with Crippen LogP contribution < -0.4 is 11.1 Å². The molecule has 1 unspecified atom stereocenters. The van der Waals surface area contributed by atoms with E-state index in [2.05, 4.69) is 22.4 Å². The molecule has 2 aliphatic rings. The molecule has 3 N–H and O–H groups in total. The number of benzene rings is 1. The maximum absolute atomic E-state index is 5.93. The maximum Gasteiger partial charge on any atom is 0.188 e. The van der Waals surface area contributed by atoms with Crippen LogP contribution in [0.1, 0.15) is 37.2 Å². The zero-order valence-electron chi connectivity index (χ0n) is 12.1. The van der Waals surface area contributed by atoms with Gasteiger partial charge < -0.3 is 15.8 Å². The lowest BCUT2D eigenvalue weighted by Gasteiger charge is -2.36. The van der Waals surface area contributed by atoms with Crippen molar-refractivity contribution in [2.24, 2.45) is 10.7 Å². The molecule has 3 rings (SSSR count). The average molecular weight is 308 g/mol. The zero-order valence-corrected chi connectivity index (χ0v) is 12.9. The number of hydrogen-bond donors (Lipinski definition) is 2. The van der Waals surface area contributed by atoms with Gasteiger partial charge in [-0.15, -0.1) is 0 Å². The van der Waals surface area contributed by atoms with Crippen LogP contribution in [0, 0.1) is 0 Å². The van der Waals surface area contributed by atoms with Gasteiger partial charge >= 0.3 is 0 Å². The molecule has 1 aromatic carbocycles. The average Bonchev–Trinajstić information content (AvgIpc) is 2.95. The second-order valence-electron chi connectivity index (χ2n) is 5.92. The van der Waals surface area contributed by atoms with Crippen molar-refractivity contribution in [2.75, 3.05) is 13.2 Å². The summed E-state index contributed by atoms with van der Waals surface area (Å²) in [4.78, 5) is 4.38. The largest absolute Gasteiger partial charge is 0.376 e. The summed E-state index contributed by atoms with van der Waals surface area (Å²) >= 11 is 5.91. The number of nitrogens with zero attached hydrogens (tertiary/aromatic N) is 1. The Morgan fingerprint density at radius 3 is 2.76 bits per heavy atom. The Hall–Kier alpha value is -1.26. The molecule has 0 bridgehead atoms. The minimum absolute atomic E-state index is 0.258. The van der Waals surface area contributed by atoms with Crippen molar-refractivity contribution in [3.05, 3.63) is 34.9 Å². The summed E-state index contributed by atoms with van der Waals surface area (Å²) < 4.78 is 5.53. The summed E-state index contributed by atoms with van der Waals surface area (Å²) in [6.07, 6.45) is 4.68. The van der Waals surface area contributed by atoms with Crippen LogP contribution in [0.4, 0.5) is 0 Å². The molecule has 21 heavy (non-hydrogen) atoms. The molecule has 1 aromatic rings. The van der Waals surface area contributed by atoms with Gasteiger partial charge in [0.2, 0.25) is 0 Å². The number of ether oxygens (including phenoxy) is 1. The molecule has 1 atom stereocenters. The van der Waals surface area contributed by atoms with Gasteiger partial charge in [-0.3, -0.25) is 4.99 Å². The van der Waals surface area contributed by atoms with Gasteiger partial charge in [0.15, 0.2) is 5.96 Å². The van der Waals surface area contributed by atoms with Crippen molar-refractivity contribution in [2.45, 2.75) is 43.7 Å². The summed E-state index contributed by atoms with van der Waals surface area (Å²) in [7, 11) is 0. The summed E-state index contributed by atoms with van der Waals surface area (Å²) in [5, 5.41) is 4.09. The normalized spacial score (nSPS) is 29.2. The fourth-order valence-corrected chi connectivity index (χ4v) is 3.11. The van der Waals surface area contributed by atoms with Gasteiger partial charge in [-0.25, -0.2) is 0 Å². The lowest BCUT2D eigenvalue weighted by atomic mass is 9.76. The first kappa shape index (κ1) is 14.7. The van der Waals surface area contributed by atoms with Crippen LogP contribution in [0.25, 0.3) is 0 Å². The Kier molecular flexibility index (Phi) is 4.66. The highest BCUT2D eigenvalue weighted by molar-refractivity contribution is 6.30. The summed E-state index contributed by atoms with van der Waals surface area (Å²) in [5.74, 6) is 1.15. The number of hydrogen-bond acceptors (Lipinski definition) is 2. The number of aliphatic imine (C=N–C) groups is 1. The van der Waals surface area contributed by atoms with Crippen LogP contribution in [-0.4, -0.2) is 31.3 Å². The lowest BCUT2D eigenvalue weighted by molar-refractivity contribution is 0.117. The molecule has 2 fully saturated rings. The first-order chi connectivity index (χ1) is 10.2. The highest BCUT2D eigenvalue weighted by atomic mass is 35.5. The quantitative estimate of drug-likeness (QED) is 0.664. The highest BCUT2D eigenvalue weighted by Gasteiger charge is 2.30. The summed E-state index contributed by atoms with van der Waals surface area (Å²) in [5.41, 5.74) is 7.29. The first-order valence-corrected chi connectivity index (χ1v) is 8.02. The molecule has 1 saturated heterocycles. The molecule has 0 spiro atoms. The SMILES string of the molecule is NC(=NCC1CCCO1)NC1CC(c2ccc(Cl)cc2)C1. The number of rotatable bonds is 4. The Balaban J connectivity index is 1.41. The minimum Gasteiger partial charge on any atom is -0.376 e. The molecule has 4 nitrogen and oxygen atoms in total. The monoisotopic (exact) mass is 307 g/mol. The van der Waals surface area contributed by atoms with Crippen molar-refractivity contribution >= 4 is 17.6 Å². The van der Waals surface area contributed by atoms with Gasteiger partial charge in [-0.2, -0.15) is 0 Å². The van der Waals surface area contributed by atoms with E-state index in [9.17, 15) is 0 Å². The van der Waals surface area contributed by atoms with Gasteiger partial charge in [-0.05, 0) is 49.3 Å². The van der Waals surface area contributed by atoms with E-state index in [0.717, 1.165) is 37.3 Å². The minimum atomic E-state index is 0.258. The number of halogens is 1. The van der Waals surface area contributed by atoms with Crippen molar-refractivity contribution in [1.82, 2.24) is 5.32 Å². The predicted molar refractivity (Wildman–Crippen MR) is 85.8 cm³/mol. The number of guanidine groups is 1. The van der Waals surface area contributed by atoms with Crippen molar-refractivity contribution < 1.29 is 4.74 Å². The standard InChI is InChI=1S/C16H22ClN3O/c17-13-5-3-11(4-6-13)12-8-14(9-12)20-16(18)19-10-15-2-1-7-21-15/h3-6,12,14-15H,1-2,7-10H2,(H3,18,19,20). The van der Waals surface area contributed by atoms with Crippen LogP contribution in [0.3, 0.4) is 0 Å². The van der Waals surface area contributed by atoms with Gasteiger partial charge in [0, 0.05) is 17.7 Å². The van der Waals surface area contributed by atoms with E-state index in [1.807, 2.05) is 12.1 Å². The molecule has 1 heterocycles. The van der Waals surface area contributed by atoms with Crippen molar-refractivity contribution in [1.29, 1.82) is 0 Å². The third-order valence-electron chi connectivity index (χ3n) is 4.32. The molecule has 0 radical (unpaired) electrons. The maximum atomic E-state index is 5.93. The van der Waals surface area contributed by atoms with E-state index in [-0.39, 0.29) is 6.10 Å². The molecule has 1 aliphatic heterocycles. The second kappa shape index (κ2) is 6.67. The van der Waals surface area contributed by atoms with Crippen LogP contribution >= 0.6 is 11.6 Å².